The molecular weight excluding hydrogens is 246 g/mol. The second-order valence-corrected chi connectivity index (χ2v) is 4.17. The Kier molecular flexibility index (Phi) is 3.50. The van der Waals surface area contributed by atoms with E-state index >= 15 is 0 Å². The van der Waals surface area contributed by atoms with Crippen LogP contribution in [0.4, 0.5) is 0 Å². The van der Waals surface area contributed by atoms with Gasteiger partial charge in [0.2, 0.25) is 5.79 Å². The molecule has 5 nitrogen and oxygen atoms in total. The van der Waals surface area contributed by atoms with Crippen molar-refractivity contribution in [3.8, 4) is 0 Å². The molecule has 1 aliphatic heterocycles. The van der Waals surface area contributed by atoms with Crippen LogP contribution in [0.2, 0.25) is 0 Å². The Morgan fingerprint density at radius 1 is 1.16 bits per heavy atom. The molecule has 2 amide bonds. The maximum atomic E-state index is 12.2. The summed E-state index contributed by atoms with van der Waals surface area (Å²) in [7, 11) is 2.87. The van der Waals surface area contributed by atoms with E-state index in [0.717, 1.165) is 4.90 Å². The molecular formula is C14H15NO4. The highest BCUT2D eigenvalue weighted by molar-refractivity contribution is 6.21. The molecule has 2 rings (SSSR count). The zero-order valence-electron chi connectivity index (χ0n) is 10.9. The van der Waals surface area contributed by atoms with E-state index in [-0.39, 0.29) is 18.4 Å². The quantitative estimate of drug-likeness (QED) is 0.457. The van der Waals surface area contributed by atoms with Gasteiger partial charge in [-0.15, -0.1) is 0 Å². The van der Waals surface area contributed by atoms with E-state index in [4.69, 9.17) is 9.47 Å². The summed E-state index contributed by atoms with van der Waals surface area (Å²) in [5.74, 6) is -1.88. The number of carbonyl (C=O) groups is 2. The number of fused-ring (bicyclic) bond motifs is 1. The lowest BCUT2D eigenvalue weighted by molar-refractivity contribution is -0.173. The number of benzene rings is 1. The molecule has 0 spiro atoms. The topological polar surface area (TPSA) is 55.8 Å². The average molecular weight is 261 g/mol. The number of imide groups is 1. The van der Waals surface area contributed by atoms with Gasteiger partial charge in [0.15, 0.2) is 0 Å². The van der Waals surface area contributed by atoms with Crippen LogP contribution in [-0.4, -0.2) is 43.3 Å². The van der Waals surface area contributed by atoms with Crippen LogP contribution in [0.5, 0.6) is 0 Å². The van der Waals surface area contributed by atoms with Gasteiger partial charge in [0.1, 0.15) is 0 Å². The van der Waals surface area contributed by atoms with E-state index in [9.17, 15) is 9.59 Å². The SMILES string of the molecule is C=CC(CN1C(=O)c2ccccc2C1=O)(OC)OC. The molecule has 0 fully saturated rings. The third-order valence-electron chi connectivity index (χ3n) is 3.26. The Labute approximate surface area is 111 Å². The van der Waals surface area contributed by atoms with Gasteiger partial charge in [-0.05, 0) is 18.2 Å². The molecule has 5 heteroatoms. The third kappa shape index (κ3) is 2.07. The zero-order valence-corrected chi connectivity index (χ0v) is 10.9. The predicted molar refractivity (Wildman–Crippen MR) is 68.8 cm³/mol. The summed E-state index contributed by atoms with van der Waals surface area (Å²) in [5.41, 5.74) is 0.801. The van der Waals surface area contributed by atoms with Crippen molar-refractivity contribution in [2.24, 2.45) is 0 Å². The molecule has 1 aromatic rings. The molecule has 0 radical (unpaired) electrons. The van der Waals surface area contributed by atoms with Crippen LogP contribution in [0, 0.1) is 0 Å². The first kappa shape index (κ1) is 13.5. The van der Waals surface area contributed by atoms with Crippen molar-refractivity contribution in [2.75, 3.05) is 20.8 Å². The Hall–Kier alpha value is -1.98. The van der Waals surface area contributed by atoms with Crippen LogP contribution in [0.25, 0.3) is 0 Å². The normalized spacial score (nSPS) is 14.7. The molecule has 0 unspecified atom stereocenters. The van der Waals surface area contributed by atoms with Crippen LogP contribution in [-0.2, 0) is 9.47 Å². The summed E-state index contributed by atoms with van der Waals surface area (Å²) in [6.07, 6.45) is 1.43. The van der Waals surface area contributed by atoms with E-state index < -0.39 is 5.79 Å². The molecule has 0 atom stereocenters. The lowest BCUT2D eigenvalue weighted by Crippen LogP contribution is -2.46. The smallest absolute Gasteiger partial charge is 0.261 e. The number of ether oxygens (including phenoxy) is 2. The fraction of sp³-hybridized carbons (Fsp3) is 0.286. The van der Waals surface area contributed by atoms with Crippen molar-refractivity contribution in [2.45, 2.75) is 5.79 Å². The van der Waals surface area contributed by atoms with E-state index in [1.807, 2.05) is 0 Å². The number of amides is 2. The maximum Gasteiger partial charge on any atom is 0.261 e. The first-order chi connectivity index (χ1) is 9.08. The van der Waals surface area contributed by atoms with E-state index in [0.29, 0.717) is 11.1 Å². The van der Waals surface area contributed by atoms with E-state index in [1.165, 1.54) is 20.3 Å². The highest BCUT2D eigenvalue weighted by Gasteiger charge is 2.40. The molecule has 0 saturated heterocycles. The standard InChI is InChI=1S/C14H15NO4/c1-4-14(18-2,19-3)9-15-12(16)10-7-5-6-8-11(10)13(15)17/h4-8H,1,9H2,2-3H3. The largest absolute Gasteiger partial charge is 0.348 e. The van der Waals surface area contributed by atoms with Gasteiger partial charge in [0, 0.05) is 14.2 Å². The molecule has 0 N–H and O–H groups in total. The fourth-order valence-corrected chi connectivity index (χ4v) is 2.05. The van der Waals surface area contributed by atoms with Crippen LogP contribution in [0.3, 0.4) is 0 Å². The summed E-state index contributed by atoms with van der Waals surface area (Å²) in [4.78, 5) is 25.5. The summed E-state index contributed by atoms with van der Waals surface area (Å²) in [6.45, 7) is 3.58. The highest BCUT2D eigenvalue weighted by atomic mass is 16.7. The van der Waals surface area contributed by atoms with Crippen LogP contribution in [0.15, 0.2) is 36.9 Å². The molecule has 1 aliphatic rings. The number of hydrogen-bond donors (Lipinski definition) is 0. The van der Waals surface area contributed by atoms with E-state index in [1.54, 1.807) is 24.3 Å². The van der Waals surface area contributed by atoms with E-state index in [2.05, 4.69) is 6.58 Å². The summed E-state index contributed by atoms with van der Waals surface area (Å²) in [5, 5.41) is 0. The van der Waals surface area contributed by atoms with Gasteiger partial charge >= 0.3 is 0 Å². The summed E-state index contributed by atoms with van der Waals surface area (Å²) in [6, 6.07) is 6.71. The van der Waals surface area contributed by atoms with Crippen molar-refractivity contribution >= 4 is 11.8 Å². The minimum atomic E-state index is -1.19. The van der Waals surface area contributed by atoms with Gasteiger partial charge in [-0.3, -0.25) is 14.5 Å². The minimum absolute atomic E-state index is 0.0319. The van der Waals surface area contributed by atoms with Crippen molar-refractivity contribution in [3.05, 3.63) is 48.0 Å². The summed E-state index contributed by atoms with van der Waals surface area (Å²) >= 11 is 0. The molecule has 0 aromatic heterocycles. The first-order valence-corrected chi connectivity index (χ1v) is 5.77. The molecule has 0 aliphatic carbocycles. The Bertz CT molecular complexity index is 499. The summed E-state index contributed by atoms with van der Waals surface area (Å²) < 4.78 is 10.4. The van der Waals surface area contributed by atoms with Gasteiger partial charge in [-0.25, -0.2) is 0 Å². The fourth-order valence-electron chi connectivity index (χ4n) is 2.05. The molecule has 0 bridgehead atoms. The molecule has 0 saturated carbocycles. The average Bonchev–Trinajstić information content (AvgIpc) is 2.70. The van der Waals surface area contributed by atoms with Crippen molar-refractivity contribution in [1.82, 2.24) is 4.90 Å². The van der Waals surface area contributed by atoms with Gasteiger partial charge in [0.05, 0.1) is 17.7 Å². The van der Waals surface area contributed by atoms with Crippen molar-refractivity contribution in [1.29, 1.82) is 0 Å². The number of methoxy groups -OCH3 is 2. The van der Waals surface area contributed by atoms with Gasteiger partial charge in [0.25, 0.3) is 11.8 Å². The van der Waals surface area contributed by atoms with Crippen molar-refractivity contribution < 1.29 is 19.1 Å². The predicted octanol–water partition coefficient (Wildman–Crippen LogP) is 1.46. The number of rotatable bonds is 5. The third-order valence-corrected chi connectivity index (χ3v) is 3.26. The Morgan fingerprint density at radius 3 is 2.00 bits per heavy atom. The van der Waals surface area contributed by atoms with Crippen LogP contribution >= 0.6 is 0 Å². The van der Waals surface area contributed by atoms with Gasteiger partial charge < -0.3 is 9.47 Å². The highest BCUT2D eigenvalue weighted by Crippen LogP contribution is 2.25. The maximum absolute atomic E-state index is 12.2. The Morgan fingerprint density at radius 2 is 1.63 bits per heavy atom. The van der Waals surface area contributed by atoms with Gasteiger partial charge in [-0.1, -0.05) is 18.7 Å². The van der Waals surface area contributed by atoms with Crippen LogP contribution in [0.1, 0.15) is 20.7 Å². The molecule has 19 heavy (non-hydrogen) atoms. The van der Waals surface area contributed by atoms with Crippen LogP contribution < -0.4 is 0 Å². The lowest BCUT2D eigenvalue weighted by atomic mass is 10.1. The minimum Gasteiger partial charge on any atom is -0.348 e. The molecule has 1 aromatic carbocycles. The second-order valence-electron chi connectivity index (χ2n) is 4.17. The monoisotopic (exact) mass is 261 g/mol. The first-order valence-electron chi connectivity index (χ1n) is 5.77. The lowest BCUT2D eigenvalue weighted by Gasteiger charge is -2.30. The molecule has 100 valence electrons. The zero-order chi connectivity index (χ0) is 14.0. The molecule has 1 heterocycles. The number of carbonyl (C=O) groups excluding carboxylic acids is 2. The van der Waals surface area contributed by atoms with Crippen molar-refractivity contribution in [3.63, 3.8) is 0 Å². The Balaban J connectivity index is 2.32. The second kappa shape index (κ2) is 4.95. The number of hydrogen-bond acceptors (Lipinski definition) is 4. The number of nitrogens with zero attached hydrogens (tertiary/aromatic N) is 1. The van der Waals surface area contributed by atoms with Gasteiger partial charge in [-0.2, -0.15) is 0 Å².